The van der Waals surface area contributed by atoms with Crippen LogP contribution in [0.1, 0.15) is 24.8 Å². The van der Waals surface area contributed by atoms with Crippen LogP contribution in [0.3, 0.4) is 0 Å². The van der Waals surface area contributed by atoms with Crippen molar-refractivity contribution in [3.63, 3.8) is 0 Å². The van der Waals surface area contributed by atoms with Gasteiger partial charge in [-0.2, -0.15) is 0 Å². The first-order valence-electron chi connectivity index (χ1n) is 12.0. The van der Waals surface area contributed by atoms with E-state index in [0.717, 1.165) is 81.8 Å². The molecule has 1 aromatic heterocycles. The molecular weight excluding hydrogens is 432 g/mol. The number of anilines is 2. The first-order valence-corrected chi connectivity index (χ1v) is 12.8. The van der Waals surface area contributed by atoms with E-state index in [1.54, 1.807) is 16.2 Å². The van der Waals surface area contributed by atoms with Gasteiger partial charge >= 0.3 is 6.03 Å². The van der Waals surface area contributed by atoms with Gasteiger partial charge in [-0.05, 0) is 49.9 Å². The van der Waals surface area contributed by atoms with Crippen LogP contribution in [0.25, 0.3) is 10.1 Å². The second-order valence-electron chi connectivity index (χ2n) is 8.86. The van der Waals surface area contributed by atoms with Gasteiger partial charge in [0.05, 0.1) is 18.0 Å². The Labute approximate surface area is 199 Å². The summed E-state index contributed by atoms with van der Waals surface area (Å²) in [4.78, 5) is 18.9. The summed E-state index contributed by atoms with van der Waals surface area (Å²) in [6, 6.07) is 14.4. The molecule has 1 fully saturated rings. The molecule has 1 saturated heterocycles. The fraction of sp³-hybridized carbons (Fsp3) is 0.423. The van der Waals surface area contributed by atoms with Gasteiger partial charge in [-0.1, -0.05) is 30.3 Å². The summed E-state index contributed by atoms with van der Waals surface area (Å²) >= 11 is 1.66. The van der Waals surface area contributed by atoms with E-state index in [9.17, 15) is 4.79 Å². The highest BCUT2D eigenvalue weighted by Crippen LogP contribution is 2.36. The molecule has 174 valence electrons. The minimum Gasteiger partial charge on any atom is -0.491 e. The number of amides is 2. The lowest BCUT2D eigenvalue weighted by Gasteiger charge is -2.37. The summed E-state index contributed by atoms with van der Waals surface area (Å²) in [5.74, 6) is 1.10. The number of aryl methyl sites for hydroxylation is 1. The molecular formula is C26H32N4O2S. The third-order valence-corrected chi connectivity index (χ3v) is 7.70. The van der Waals surface area contributed by atoms with Gasteiger partial charge in [-0.3, -0.25) is 9.80 Å². The number of rotatable bonds is 7. The Kier molecular flexibility index (Phi) is 6.69. The minimum absolute atomic E-state index is 0.374. The maximum absolute atomic E-state index is 12.1. The zero-order valence-corrected chi connectivity index (χ0v) is 19.9. The Hall–Kier alpha value is -2.77. The van der Waals surface area contributed by atoms with Crippen LogP contribution in [-0.4, -0.2) is 56.8 Å². The molecule has 0 atom stereocenters. The molecule has 0 saturated carbocycles. The number of nitrogens with zero attached hydrogens (tertiary/aromatic N) is 3. The van der Waals surface area contributed by atoms with Crippen LogP contribution >= 0.6 is 11.3 Å². The second kappa shape index (κ2) is 10.0. The molecule has 2 aliphatic rings. The Balaban J connectivity index is 1.11. The molecule has 0 radical (unpaired) electrons. The van der Waals surface area contributed by atoms with Crippen molar-refractivity contribution in [1.82, 2.24) is 4.90 Å². The third kappa shape index (κ3) is 4.80. The summed E-state index contributed by atoms with van der Waals surface area (Å²) in [5, 5.41) is 3.14. The molecule has 0 aliphatic carbocycles. The number of nitrogens with two attached hydrogens (primary N) is 1. The van der Waals surface area contributed by atoms with Crippen molar-refractivity contribution in [2.45, 2.75) is 25.7 Å². The van der Waals surface area contributed by atoms with Crippen LogP contribution in [0.15, 0.2) is 47.8 Å². The molecule has 0 unspecified atom stereocenters. The van der Waals surface area contributed by atoms with Crippen molar-refractivity contribution in [1.29, 1.82) is 0 Å². The highest BCUT2D eigenvalue weighted by molar-refractivity contribution is 7.17. The zero-order valence-electron chi connectivity index (χ0n) is 19.0. The van der Waals surface area contributed by atoms with Crippen LogP contribution in [-0.2, 0) is 6.42 Å². The van der Waals surface area contributed by atoms with Crippen LogP contribution in [0, 0.1) is 0 Å². The smallest absolute Gasteiger partial charge is 0.319 e. The van der Waals surface area contributed by atoms with Gasteiger partial charge in [0.15, 0.2) is 0 Å². The molecule has 2 aliphatic heterocycles. The summed E-state index contributed by atoms with van der Waals surface area (Å²) in [6.07, 6.45) is 4.22. The summed E-state index contributed by atoms with van der Waals surface area (Å²) < 4.78 is 7.20. The highest BCUT2D eigenvalue weighted by Gasteiger charge is 2.23. The Morgan fingerprint density at radius 1 is 1.06 bits per heavy atom. The molecule has 3 heterocycles. The van der Waals surface area contributed by atoms with E-state index in [1.165, 1.54) is 16.0 Å². The number of carbonyl (C=O) groups excluding carboxylic acids is 1. The van der Waals surface area contributed by atoms with Crippen molar-refractivity contribution in [3.05, 3.63) is 53.4 Å². The minimum atomic E-state index is -0.374. The van der Waals surface area contributed by atoms with E-state index in [2.05, 4.69) is 40.1 Å². The van der Waals surface area contributed by atoms with Gasteiger partial charge in [0.25, 0.3) is 0 Å². The van der Waals surface area contributed by atoms with E-state index >= 15 is 0 Å². The molecule has 6 nitrogen and oxygen atoms in total. The fourth-order valence-electron chi connectivity index (χ4n) is 4.96. The number of primary amides is 1. The van der Waals surface area contributed by atoms with Crippen molar-refractivity contribution < 1.29 is 9.53 Å². The molecule has 5 rings (SSSR count). The number of carbonyl (C=O) groups is 1. The number of piperazine rings is 1. The predicted molar refractivity (Wildman–Crippen MR) is 137 cm³/mol. The molecule has 3 aromatic rings. The monoisotopic (exact) mass is 464 g/mol. The van der Waals surface area contributed by atoms with E-state index < -0.39 is 0 Å². The molecule has 0 bridgehead atoms. The average Bonchev–Trinajstić information content (AvgIpc) is 3.28. The van der Waals surface area contributed by atoms with Gasteiger partial charge in [-0.25, -0.2) is 4.79 Å². The number of ether oxygens (including phenoxy) is 1. The maximum atomic E-state index is 12.1. The lowest BCUT2D eigenvalue weighted by atomic mass is 10.0. The molecule has 2 aromatic carbocycles. The maximum Gasteiger partial charge on any atom is 0.319 e. The van der Waals surface area contributed by atoms with Crippen molar-refractivity contribution in [2.75, 3.05) is 55.7 Å². The molecule has 0 spiro atoms. The van der Waals surface area contributed by atoms with Gasteiger partial charge in [0, 0.05) is 48.2 Å². The van der Waals surface area contributed by atoms with Gasteiger partial charge < -0.3 is 15.4 Å². The SMILES string of the molecule is NC(=O)N(CCCCN1CCN(c2cccc3c2OCCC3)CC1)c1csc2ccccc12. The van der Waals surface area contributed by atoms with E-state index in [0.29, 0.717) is 6.54 Å². The van der Waals surface area contributed by atoms with Gasteiger partial charge in [0.1, 0.15) is 5.75 Å². The fourth-order valence-corrected chi connectivity index (χ4v) is 5.91. The third-order valence-electron chi connectivity index (χ3n) is 6.75. The topological polar surface area (TPSA) is 62.0 Å². The Bertz CT molecular complexity index is 1110. The van der Waals surface area contributed by atoms with Crippen LogP contribution < -0.4 is 20.3 Å². The Morgan fingerprint density at radius 3 is 2.76 bits per heavy atom. The number of urea groups is 1. The average molecular weight is 465 g/mol. The number of fused-ring (bicyclic) bond motifs is 2. The second-order valence-corrected chi connectivity index (χ2v) is 9.77. The quantitative estimate of drug-likeness (QED) is 0.514. The van der Waals surface area contributed by atoms with E-state index in [1.807, 2.05) is 17.5 Å². The summed E-state index contributed by atoms with van der Waals surface area (Å²) in [6.45, 7) is 6.68. The highest BCUT2D eigenvalue weighted by atomic mass is 32.1. The van der Waals surface area contributed by atoms with Crippen molar-refractivity contribution in [3.8, 4) is 5.75 Å². The number of unbranched alkanes of at least 4 members (excludes halogenated alkanes) is 1. The molecule has 33 heavy (non-hydrogen) atoms. The van der Waals surface area contributed by atoms with Crippen molar-refractivity contribution in [2.24, 2.45) is 5.73 Å². The molecule has 2 amide bonds. The number of hydrogen-bond donors (Lipinski definition) is 1. The molecule has 2 N–H and O–H groups in total. The number of thiophene rings is 1. The first-order chi connectivity index (χ1) is 16.2. The van der Waals surface area contributed by atoms with Crippen molar-refractivity contribution >= 4 is 38.8 Å². The number of para-hydroxylation sites is 1. The van der Waals surface area contributed by atoms with Gasteiger partial charge in [-0.15, -0.1) is 11.3 Å². The lowest BCUT2D eigenvalue weighted by molar-refractivity contribution is 0.247. The van der Waals surface area contributed by atoms with Crippen LogP contribution in [0.2, 0.25) is 0 Å². The normalized spacial score (nSPS) is 16.4. The largest absolute Gasteiger partial charge is 0.491 e. The Morgan fingerprint density at radius 2 is 1.91 bits per heavy atom. The number of benzene rings is 2. The predicted octanol–water partition coefficient (Wildman–Crippen LogP) is 4.71. The summed E-state index contributed by atoms with van der Waals surface area (Å²) in [7, 11) is 0. The number of hydrogen-bond acceptors (Lipinski definition) is 5. The standard InChI is InChI=1S/C26H32N4O2S/c27-26(31)30(23-19-33-24-11-2-1-9-21(23)24)13-4-3-12-28-14-16-29(17-15-28)22-10-5-7-20-8-6-18-32-25(20)22/h1-2,5,7,9-11,19H,3-4,6,8,12-18H2,(H2,27,31). The van der Waals surface area contributed by atoms with Crippen LogP contribution in [0.5, 0.6) is 5.75 Å². The molecule has 7 heteroatoms. The van der Waals surface area contributed by atoms with Gasteiger partial charge in [0.2, 0.25) is 0 Å². The summed E-state index contributed by atoms with van der Waals surface area (Å²) in [5.41, 5.74) is 9.27. The lowest BCUT2D eigenvalue weighted by Crippen LogP contribution is -2.47. The van der Waals surface area contributed by atoms with E-state index in [-0.39, 0.29) is 6.03 Å². The first kappa shape index (κ1) is 22.0. The van der Waals surface area contributed by atoms with E-state index in [4.69, 9.17) is 10.5 Å². The zero-order chi connectivity index (χ0) is 22.6. The van der Waals surface area contributed by atoms with Crippen LogP contribution in [0.4, 0.5) is 16.2 Å².